The Morgan fingerprint density at radius 2 is 1.90 bits per heavy atom. The number of benzene rings is 2. The van der Waals surface area contributed by atoms with Crippen molar-refractivity contribution in [2.45, 2.75) is 0 Å². The number of hydrogen-bond donors (Lipinski definition) is 0. The maximum absolute atomic E-state index is 12.8. The first-order chi connectivity index (χ1) is 9.60. The molecule has 0 aliphatic heterocycles. The summed E-state index contributed by atoms with van der Waals surface area (Å²) in [6, 6.07) is 10.6. The molecule has 2 aromatic rings. The van der Waals surface area contributed by atoms with Gasteiger partial charge in [-0.1, -0.05) is 0 Å². The number of carbonyl (C=O) groups excluding carboxylic acids is 1. The lowest BCUT2D eigenvalue weighted by Crippen LogP contribution is -2.11. The molecule has 0 N–H and O–H groups in total. The standard InChI is InChI=1S/C15H12BrFO3/c1-19-12-6-7-15(13(16)8-12)20-9-14(18)10-2-4-11(17)5-3-10/h2-8H,9H2,1H3. The van der Waals surface area contributed by atoms with E-state index in [4.69, 9.17) is 9.47 Å². The molecule has 0 aromatic heterocycles. The molecule has 0 spiro atoms. The van der Waals surface area contributed by atoms with Crippen LogP contribution in [0.15, 0.2) is 46.9 Å². The van der Waals surface area contributed by atoms with Crippen LogP contribution >= 0.6 is 15.9 Å². The molecule has 0 amide bonds. The SMILES string of the molecule is COc1ccc(OCC(=O)c2ccc(F)cc2)c(Br)c1. The van der Waals surface area contributed by atoms with Gasteiger partial charge in [0.1, 0.15) is 17.3 Å². The molecule has 0 aliphatic carbocycles. The van der Waals surface area contributed by atoms with Gasteiger partial charge in [0.15, 0.2) is 12.4 Å². The third kappa shape index (κ3) is 3.57. The summed E-state index contributed by atoms with van der Waals surface area (Å²) in [4.78, 5) is 11.9. The van der Waals surface area contributed by atoms with Gasteiger partial charge in [0.2, 0.25) is 0 Å². The monoisotopic (exact) mass is 338 g/mol. The molecular formula is C15H12BrFO3. The summed E-state index contributed by atoms with van der Waals surface area (Å²) in [5.74, 6) is 0.642. The van der Waals surface area contributed by atoms with Crippen LogP contribution in [-0.2, 0) is 0 Å². The van der Waals surface area contributed by atoms with Crippen molar-refractivity contribution in [2.24, 2.45) is 0 Å². The molecule has 0 radical (unpaired) electrons. The number of carbonyl (C=O) groups is 1. The number of Topliss-reactive ketones (excluding diaryl/α,β-unsaturated/α-hetero) is 1. The van der Waals surface area contributed by atoms with Crippen LogP contribution < -0.4 is 9.47 Å². The predicted molar refractivity (Wildman–Crippen MR) is 76.9 cm³/mol. The van der Waals surface area contributed by atoms with E-state index in [9.17, 15) is 9.18 Å². The third-order valence-electron chi connectivity index (χ3n) is 2.66. The van der Waals surface area contributed by atoms with E-state index < -0.39 is 0 Å². The Morgan fingerprint density at radius 3 is 2.50 bits per heavy atom. The van der Waals surface area contributed by atoms with Crippen molar-refractivity contribution in [3.63, 3.8) is 0 Å². The minimum Gasteiger partial charge on any atom is -0.497 e. The van der Waals surface area contributed by atoms with Crippen molar-refractivity contribution < 1.29 is 18.7 Å². The fourth-order valence-electron chi connectivity index (χ4n) is 1.59. The molecule has 0 aliphatic rings. The number of hydrogen-bond acceptors (Lipinski definition) is 3. The van der Waals surface area contributed by atoms with E-state index in [0.717, 1.165) is 0 Å². The molecule has 20 heavy (non-hydrogen) atoms. The van der Waals surface area contributed by atoms with Crippen LogP contribution in [0.5, 0.6) is 11.5 Å². The smallest absolute Gasteiger partial charge is 0.200 e. The number of ketones is 1. The average Bonchev–Trinajstić information content (AvgIpc) is 2.46. The van der Waals surface area contributed by atoms with E-state index in [0.29, 0.717) is 21.5 Å². The summed E-state index contributed by atoms with van der Waals surface area (Å²) in [5, 5.41) is 0. The minimum absolute atomic E-state index is 0.115. The highest BCUT2D eigenvalue weighted by molar-refractivity contribution is 9.10. The Kier molecular flexibility index (Phi) is 4.74. The molecule has 0 saturated heterocycles. The maximum atomic E-state index is 12.8. The first-order valence-electron chi connectivity index (χ1n) is 5.85. The van der Waals surface area contributed by atoms with E-state index in [1.165, 1.54) is 24.3 Å². The maximum Gasteiger partial charge on any atom is 0.200 e. The fourth-order valence-corrected chi connectivity index (χ4v) is 2.06. The molecule has 2 aromatic carbocycles. The summed E-state index contributed by atoms with van der Waals surface area (Å²) in [7, 11) is 1.57. The van der Waals surface area contributed by atoms with Gasteiger partial charge in [0.05, 0.1) is 11.6 Å². The van der Waals surface area contributed by atoms with Gasteiger partial charge in [0, 0.05) is 5.56 Å². The number of ether oxygens (including phenoxy) is 2. The molecule has 0 heterocycles. The van der Waals surface area contributed by atoms with E-state index in [-0.39, 0.29) is 18.2 Å². The highest BCUT2D eigenvalue weighted by atomic mass is 79.9. The van der Waals surface area contributed by atoms with E-state index in [1.807, 2.05) is 0 Å². The Balaban J connectivity index is 2.01. The molecule has 5 heteroatoms. The fraction of sp³-hybridized carbons (Fsp3) is 0.133. The Morgan fingerprint density at radius 1 is 1.20 bits per heavy atom. The Labute approximate surface area is 124 Å². The van der Waals surface area contributed by atoms with Gasteiger partial charge in [-0.05, 0) is 58.4 Å². The second kappa shape index (κ2) is 6.52. The Hall–Kier alpha value is -1.88. The lowest BCUT2D eigenvalue weighted by atomic mass is 10.1. The first-order valence-corrected chi connectivity index (χ1v) is 6.64. The second-order valence-corrected chi connectivity index (χ2v) is 4.87. The molecule has 2 rings (SSSR count). The molecular weight excluding hydrogens is 327 g/mol. The summed E-state index contributed by atoms with van der Waals surface area (Å²) in [6.07, 6.45) is 0. The van der Waals surface area contributed by atoms with Gasteiger partial charge in [-0.25, -0.2) is 4.39 Å². The molecule has 0 saturated carbocycles. The molecule has 0 bridgehead atoms. The topological polar surface area (TPSA) is 35.5 Å². The Bertz CT molecular complexity index is 611. The van der Waals surface area contributed by atoms with Crippen LogP contribution in [-0.4, -0.2) is 19.5 Å². The zero-order valence-electron chi connectivity index (χ0n) is 10.7. The largest absolute Gasteiger partial charge is 0.497 e. The normalized spacial score (nSPS) is 10.2. The van der Waals surface area contributed by atoms with Crippen molar-refractivity contribution in [3.8, 4) is 11.5 Å². The van der Waals surface area contributed by atoms with Crippen LogP contribution in [0.3, 0.4) is 0 Å². The van der Waals surface area contributed by atoms with Crippen molar-refractivity contribution in [1.29, 1.82) is 0 Å². The van der Waals surface area contributed by atoms with Gasteiger partial charge in [-0.2, -0.15) is 0 Å². The molecule has 0 fully saturated rings. The first kappa shape index (κ1) is 14.5. The third-order valence-corrected chi connectivity index (χ3v) is 3.28. The average molecular weight is 339 g/mol. The number of methoxy groups -OCH3 is 1. The second-order valence-electron chi connectivity index (χ2n) is 4.02. The van der Waals surface area contributed by atoms with Gasteiger partial charge in [-0.3, -0.25) is 4.79 Å². The van der Waals surface area contributed by atoms with Crippen LogP contribution in [0.25, 0.3) is 0 Å². The summed E-state index contributed by atoms with van der Waals surface area (Å²) >= 11 is 3.34. The summed E-state index contributed by atoms with van der Waals surface area (Å²) in [5.41, 5.74) is 0.413. The quantitative estimate of drug-likeness (QED) is 0.776. The van der Waals surface area contributed by atoms with Crippen molar-refractivity contribution in [1.82, 2.24) is 0 Å². The molecule has 0 atom stereocenters. The molecule has 104 valence electrons. The van der Waals surface area contributed by atoms with Crippen molar-refractivity contribution in [3.05, 3.63) is 58.3 Å². The van der Waals surface area contributed by atoms with Gasteiger partial charge in [-0.15, -0.1) is 0 Å². The summed E-state index contributed by atoms with van der Waals surface area (Å²) in [6.45, 7) is -0.115. The van der Waals surface area contributed by atoms with Crippen LogP contribution in [0.2, 0.25) is 0 Å². The van der Waals surface area contributed by atoms with E-state index in [2.05, 4.69) is 15.9 Å². The highest BCUT2D eigenvalue weighted by Crippen LogP contribution is 2.29. The lowest BCUT2D eigenvalue weighted by Gasteiger charge is -2.09. The predicted octanol–water partition coefficient (Wildman–Crippen LogP) is 3.86. The van der Waals surface area contributed by atoms with E-state index >= 15 is 0 Å². The van der Waals surface area contributed by atoms with Gasteiger partial charge in [0.25, 0.3) is 0 Å². The van der Waals surface area contributed by atoms with Gasteiger partial charge >= 0.3 is 0 Å². The van der Waals surface area contributed by atoms with Crippen LogP contribution in [0.4, 0.5) is 4.39 Å². The zero-order chi connectivity index (χ0) is 14.5. The lowest BCUT2D eigenvalue weighted by molar-refractivity contribution is 0.0921. The van der Waals surface area contributed by atoms with Crippen LogP contribution in [0, 0.1) is 5.82 Å². The van der Waals surface area contributed by atoms with Crippen molar-refractivity contribution in [2.75, 3.05) is 13.7 Å². The minimum atomic E-state index is -0.375. The highest BCUT2D eigenvalue weighted by Gasteiger charge is 2.09. The number of rotatable bonds is 5. The zero-order valence-corrected chi connectivity index (χ0v) is 12.3. The van der Waals surface area contributed by atoms with Crippen molar-refractivity contribution >= 4 is 21.7 Å². The number of halogens is 2. The van der Waals surface area contributed by atoms with E-state index in [1.54, 1.807) is 25.3 Å². The summed E-state index contributed by atoms with van der Waals surface area (Å²) < 4.78 is 24.0. The molecule has 0 unspecified atom stereocenters. The molecule has 3 nitrogen and oxygen atoms in total. The van der Waals surface area contributed by atoms with Gasteiger partial charge < -0.3 is 9.47 Å². The van der Waals surface area contributed by atoms with Crippen LogP contribution in [0.1, 0.15) is 10.4 Å².